The third kappa shape index (κ3) is 4.93. The lowest BCUT2D eigenvalue weighted by molar-refractivity contribution is 0.200. The predicted molar refractivity (Wildman–Crippen MR) is 108 cm³/mol. The molecule has 0 spiro atoms. The Labute approximate surface area is 164 Å². The molecule has 0 saturated carbocycles. The van der Waals surface area contributed by atoms with Gasteiger partial charge in [-0.15, -0.1) is 0 Å². The molecular weight excluding hydrogens is 386 g/mol. The van der Waals surface area contributed by atoms with Crippen LogP contribution in [0.25, 0.3) is 0 Å². The maximum Gasteiger partial charge on any atom is 0.321 e. The number of aryl methyl sites for hydroxylation is 1. The monoisotopic (exact) mass is 407 g/mol. The van der Waals surface area contributed by atoms with Crippen molar-refractivity contribution < 1.29 is 13.2 Å². The van der Waals surface area contributed by atoms with Gasteiger partial charge in [-0.05, 0) is 74.2 Å². The third-order valence-corrected chi connectivity index (χ3v) is 6.11. The molecule has 1 fully saturated rings. The number of nitrogens with one attached hydrogen (secondary N) is 2. The number of anilines is 2. The number of piperidine rings is 1. The molecule has 1 aliphatic heterocycles. The summed E-state index contributed by atoms with van der Waals surface area (Å²) < 4.78 is 27.7. The topological polar surface area (TPSA) is 78.5 Å². The fraction of sp³-hybridized carbons (Fsp3) is 0.316. The van der Waals surface area contributed by atoms with E-state index >= 15 is 0 Å². The van der Waals surface area contributed by atoms with Crippen molar-refractivity contribution in [2.24, 2.45) is 0 Å². The molecule has 1 aliphatic rings. The number of sulfonamides is 1. The number of carbonyl (C=O) groups is 1. The van der Waals surface area contributed by atoms with E-state index in [4.69, 9.17) is 11.6 Å². The Morgan fingerprint density at radius 3 is 2.33 bits per heavy atom. The lowest BCUT2D eigenvalue weighted by atomic mass is 10.1. The van der Waals surface area contributed by atoms with Crippen LogP contribution in [-0.2, 0) is 10.0 Å². The van der Waals surface area contributed by atoms with Gasteiger partial charge in [0.25, 0.3) is 10.0 Å². The van der Waals surface area contributed by atoms with Crippen molar-refractivity contribution >= 4 is 39.0 Å². The van der Waals surface area contributed by atoms with Crippen LogP contribution >= 0.6 is 11.6 Å². The molecule has 6 nitrogen and oxygen atoms in total. The molecule has 1 heterocycles. The summed E-state index contributed by atoms with van der Waals surface area (Å²) in [5, 5.41) is 3.36. The van der Waals surface area contributed by atoms with Crippen LogP contribution < -0.4 is 10.0 Å². The second kappa shape index (κ2) is 8.19. The molecule has 0 aliphatic carbocycles. The van der Waals surface area contributed by atoms with Crippen LogP contribution in [0.5, 0.6) is 0 Å². The fourth-order valence-corrected chi connectivity index (χ4v) is 4.32. The zero-order valence-electron chi connectivity index (χ0n) is 15.0. The molecule has 2 amide bonds. The smallest absolute Gasteiger partial charge is 0.321 e. The summed E-state index contributed by atoms with van der Waals surface area (Å²) in [6, 6.07) is 10.9. The summed E-state index contributed by atoms with van der Waals surface area (Å²) in [5.74, 6) is 0. The van der Waals surface area contributed by atoms with Crippen LogP contribution in [0.2, 0.25) is 5.02 Å². The van der Waals surface area contributed by atoms with Crippen molar-refractivity contribution in [3.8, 4) is 0 Å². The minimum atomic E-state index is -3.73. The minimum Gasteiger partial charge on any atom is -0.325 e. The SMILES string of the molecule is Cc1cc(Cl)ccc1NS(=O)(=O)c1ccc(NC(=O)N2CCCCC2)cc1. The van der Waals surface area contributed by atoms with Gasteiger partial charge in [0.15, 0.2) is 0 Å². The molecule has 1 saturated heterocycles. The first-order valence-corrected chi connectivity index (χ1v) is 10.7. The summed E-state index contributed by atoms with van der Waals surface area (Å²) in [5.41, 5.74) is 1.77. The molecule has 2 N–H and O–H groups in total. The zero-order valence-corrected chi connectivity index (χ0v) is 16.6. The summed E-state index contributed by atoms with van der Waals surface area (Å²) in [4.78, 5) is 14.1. The molecule has 27 heavy (non-hydrogen) atoms. The van der Waals surface area contributed by atoms with E-state index in [1.165, 1.54) is 12.1 Å². The van der Waals surface area contributed by atoms with E-state index in [1.807, 2.05) is 0 Å². The van der Waals surface area contributed by atoms with Gasteiger partial charge in [0, 0.05) is 23.8 Å². The number of urea groups is 1. The number of halogens is 1. The molecule has 0 radical (unpaired) electrons. The predicted octanol–water partition coefficient (Wildman–Crippen LogP) is 4.47. The lowest BCUT2D eigenvalue weighted by Gasteiger charge is -2.26. The first-order chi connectivity index (χ1) is 12.8. The highest BCUT2D eigenvalue weighted by molar-refractivity contribution is 7.92. The average Bonchev–Trinajstić information content (AvgIpc) is 2.65. The van der Waals surface area contributed by atoms with Crippen molar-refractivity contribution in [3.05, 3.63) is 53.1 Å². The van der Waals surface area contributed by atoms with Gasteiger partial charge in [-0.2, -0.15) is 0 Å². The van der Waals surface area contributed by atoms with Crippen molar-refractivity contribution in [2.45, 2.75) is 31.1 Å². The van der Waals surface area contributed by atoms with Gasteiger partial charge in [-0.3, -0.25) is 4.72 Å². The third-order valence-electron chi connectivity index (χ3n) is 4.49. The number of nitrogens with zero attached hydrogens (tertiary/aromatic N) is 1. The highest BCUT2D eigenvalue weighted by Crippen LogP contribution is 2.23. The van der Waals surface area contributed by atoms with E-state index in [0.717, 1.165) is 37.9 Å². The Bertz CT molecular complexity index is 924. The normalized spacial score (nSPS) is 14.7. The van der Waals surface area contributed by atoms with Gasteiger partial charge in [0.1, 0.15) is 0 Å². The van der Waals surface area contributed by atoms with Gasteiger partial charge in [-0.1, -0.05) is 11.6 Å². The maximum absolute atomic E-state index is 12.6. The van der Waals surface area contributed by atoms with Crippen molar-refractivity contribution in [1.29, 1.82) is 0 Å². The molecule has 2 aromatic carbocycles. The summed E-state index contributed by atoms with van der Waals surface area (Å²) in [6.07, 6.45) is 3.18. The molecular formula is C19H22ClN3O3S. The molecule has 144 valence electrons. The number of benzene rings is 2. The zero-order chi connectivity index (χ0) is 19.4. The first-order valence-electron chi connectivity index (χ1n) is 8.80. The molecule has 0 atom stereocenters. The number of amides is 2. The van der Waals surface area contributed by atoms with Crippen LogP contribution in [0.1, 0.15) is 24.8 Å². The van der Waals surface area contributed by atoms with Crippen LogP contribution in [0.15, 0.2) is 47.4 Å². The summed E-state index contributed by atoms with van der Waals surface area (Å²) in [7, 11) is -3.73. The molecule has 3 rings (SSSR count). The quantitative estimate of drug-likeness (QED) is 0.784. The number of carbonyl (C=O) groups excluding carboxylic acids is 1. The summed E-state index contributed by atoms with van der Waals surface area (Å²) in [6.45, 7) is 3.29. The van der Waals surface area contributed by atoms with Gasteiger partial charge in [0.2, 0.25) is 0 Å². The van der Waals surface area contributed by atoms with Crippen molar-refractivity contribution in [1.82, 2.24) is 4.90 Å². The van der Waals surface area contributed by atoms with Crippen molar-refractivity contribution in [3.63, 3.8) is 0 Å². The van der Waals surface area contributed by atoms with Gasteiger partial charge >= 0.3 is 6.03 Å². The Hall–Kier alpha value is -2.25. The van der Waals surface area contributed by atoms with E-state index in [2.05, 4.69) is 10.0 Å². The number of hydrogen-bond donors (Lipinski definition) is 2. The van der Waals surface area contributed by atoms with Crippen molar-refractivity contribution in [2.75, 3.05) is 23.1 Å². The standard InChI is InChI=1S/C19H22ClN3O3S/c1-14-13-15(20)5-10-18(14)22-27(25,26)17-8-6-16(7-9-17)21-19(24)23-11-3-2-4-12-23/h5-10,13,22H,2-4,11-12H2,1H3,(H,21,24). The number of hydrogen-bond acceptors (Lipinski definition) is 3. The molecule has 2 aromatic rings. The largest absolute Gasteiger partial charge is 0.325 e. The average molecular weight is 408 g/mol. The highest BCUT2D eigenvalue weighted by atomic mass is 35.5. The Morgan fingerprint density at radius 2 is 1.70 bits per heavy atom. The molecule has 8 heteroatoms. The van der Waals surface area contributed by atoms with Gasteiger partial charge in [-0.25, -0.2) is 13.2 Å². The second-order valence-corrected chi connectivity index (χ2v) is 8.69. The maximum atomic E-state index is 12.6. The van der Waals surface area contributed by atoms with E-state index < -0.39 is 10.0 Å². The molecule has 0 bridgehead atoms. The second-order valence-electron chi connectivity index (χ2n) is 6.57. The Kier molecular flexibility index (Phi) is 5.92. The van der Waals surface area contributed by atoms with E-state index in [0.29, 0.717) is 16.4 Å². The molecule has 0 unspecified atom stereocenters. The molecule has 0 aromatic heterocycles. The van der Waals surface area contributed by atoms with E-state index in [1.54, 1.807) is 42.2 Å². The Balaban J connectivity index is 1.69. The van der Waals surface area contributed by atoms with Crippen LogP contribution in [0.3, 0.4) is 0 Å². The van der Waals surface area contributed by atoms with Crippen LogP contribution in [-0.4, -0.2) is 32.4 Å². The van der Waals surface area contributed by atoms with Gasteiger partial charge < -0.3 is 10.2 Å². The van der Waals surface area contributed by atoms with E-state index in [9.17, 15) is 13.2 Å². The van der Waals surface area contributed by atoms with Crippen LogP contribution in [0, 0.1) is 6.92 Å². The number of rotatable bonds is 4. The lowest BCUT2D eigenvalue weighted by Crippen LogP contribution is -2.38. The minimum absolute atomic E-state index is 0.118. The number of likely N-dealkylation sites (tertiary alicyclic amines) is 1. The highest BCUT2D eigenvalue weighted by Gasteiger charge is 2.18. The van der Waals surface area contributed by atoms with E-state index in [-0.39, 0.29) is 10.9 Å². The Morgan fingerprint density at radius 1 is 1.04 bits per heavy atom. The van der Waals surface area contributed by atoms with Gasteiger partial charge in [0.05, 0.1) is 10.6 Å². The van der Waals surface area contributed by atoms with Crippen LogP contribution in [0.4, 0.5) is 16.2 Å². The fourth-order valence-electron chi connectivity index (χ4n) is 2.96. The first kappa shape index (κ1) is 19.5. The summed E-state index contributed by atoms with van der Waals surface area (Å²) >= 11 is 5.91.